The second-order valence-corrected chi connectivity index (χ2v) is 2.63. The third-order valence-electron chi connectivity index (χ3n) is 1.41. The van der Waals surface area contributed by atoms with Crippen LogP contribution in [0.15, 0.2) is 10.8 Å². The van der Waals surface area contributed by atoms with Crippen molar-refractivity contribution < 1.29 is 9.32 Å². The lowest BCUT2D eigenvalue weighted by Crippen LogP contribution is -2.12. The summed E-state index contributed by atoms with van der Waals surface area (Å²) >= 11 is 0. The molecule has 1 rings (SSSR count). The minimum atomic E-state index is -0.491. The Balaban J connectivity index is 3.06. The van der Waals surface area contributed by atoms with Gasteiger partial charge in [0.2, 0.25) is 0 Å². The lowest BCUT2D eigenvalue weighted by atomic mass is 10.1. The molecule has 0 aliphatic heterocycles. The summed E-state index contributed by atoms with van der Waals surface area (Å²) in [6.45, 7) is 3.84. The SMILES string of the molecule is CC(C)c1nocc1C(N)=O. The van der Waals surface area contributed by atoms with Gasteiger partial charge in [0.15, 0.2) is 0 Å². The van der Waals surface area contributed by atoms with Gasteiger partial charge < -0.3 is 10.3 Å². The summed E-state index contributed by atoms with van der Waals surface area (Å²) in [5.41, 5.74) is 6.06. The maximum absolute atomic E-state index is 10.7. The molecule has 2 N–H and O–H groups in total. The molecule has 60 valence electrons. The van der Waals surface area contributed by atoms with Gasteiger partial charge in [0.1, 0.15) is 11.8 Å². The van der Waals surface area contributed by atoms with Gasteiger partial charge in [-0.05, 0) is 5.92 Å². The van der Waals surface area contributed by atoms with Gasteiger partial charge in [-0.1, -0.05) is 19.0 Å². The van der Waals surface area contributed by atoms with Crippen LogP contribution in [0.1, 0.15) is 35.8 Å². The number of aromatic nitrogens is 1. The quantitative estimate of drug-likeness (QED) is 0.687. The van der Waals surface area contributed by atoms with E-state index >= 15 is 0 Å². The molecule has 4 heteroatoms. The number of carbonyl (C=O) groups excluding carboxylic acids is 1. The fourth-order valence-electron chi connectivity index (χ4n) is 0.846. The topological polar surface area (TPSA) is 69.1 Å². The average Bonchev–Trinajstić information content (AvgIpc) is 2.32. The van der Waals surface area contributed by atoms with Crippen LogP contribution >= 0.6 is 0 Å². The van der Waals surface area contributed by atoms with E-state index in [4.69, 9.17) is 5.73 Å². The Morgan fingerprint density at radius 3 is 2.73 bits per heavy atom. The number of nitrogens with zero attached hydrogens (tertiary/aromatic N) is 1. The van der Waals surface area contributed by atoms with Crippen LogP contribution in [0.25, 0.3) is 0 Å². The van der Waals surface area contributed by atoms with E-state index in [1.807, 2.05) is 13.8 Å². The van der Waals surface area contributed by atoms with Gasteiger partial charge in [-0.25, -0.2) is 0 Å². The van der Waals surface area contributed by atoms with Crippen molar-refractivity contribution in [2.75, 3.05) is 0 Å². The highest BCUT2D eigenvalue weighted by atomic mass is 16.5. The second-order valence-electron chi connectivity index (χ2n) is 2.63. The Morgan fingerprint density at radius 2 is 2.36 bits per heavy atom. The predicted molar refractivity (Wildman–Crippen MR) is 39.1 cm³/mol. The van der Waals surface area contributed by atoms with Crippen LogP contribution in [0.4, 0.5) is 0 Å². The Labute approximate surface area is 64.4 Å². The van der Waals surface area contributed by atoms with Gasteiger partial charge in [-0.15, -0.1) is 0 Å². The molecule has 0 aromatic carbocycles. The number of hydrogen-bond acceptors (Lipinski definition) is 3. The Bertz CT molecular complexity index is 265. The molecule has 4 nitrogen and oxygen atoms in total. The monoisotopic (exact) mass is 154 g/mol. The zero-order chi connectivity index (χ0) is 8.43. The highest BCUT2D eigenvalue weighted by Gasteiger charge is 2.14. The van der Waals surface area contributed by atoms with E-state index in [1.54, 1.807) is 0 Å². The van der Waals surface area contributed by atoms with Crippen molar-refractivity contribution in [1.29, 1.82) is 0 Å². The normalized spacial score (nSPS) is 10.5. The van der Waals surface area contributed by atoms with Gasteiger partial charge in [0, 0.05) is 0 Å². The molecule has 0 spiro atoms. The van der Waals surface area contributed by atoms with Crippen molar-refractivity contribution in [2.45, 2.75) is 19.8 Å². The molecule has 11 heavy (non-hydrogen) atoms. The number of rotatable bonds is 2. The van der Waals surface area contributed by atoms with E-state index in [-0.39, 0.29) is 5.92 Å². The molecule has 0 atom stereocenters. The average molecular weight is 154 g/mol. The van der Waals surface area contributed by atoms with Crippen molar-refractivity contribution in [3.63, 3.8) is 0 Å². The van der Waals surface area contributed by atoms with Crippen molar-refractivity contribution in [3.05, 3.63) is 17.5 Å². The first-order valence-corrected chi connectivity index (χ1v) is 3.37. The zero-order valence-electron chi connectivity index (χ0n) is 6.50. The van der Waals surface area contributed by atoms with Crippen LogP contribution in [-0.4, -0.2) is 11.1 Å². The number of primary amides is 1. The van der Waals surface area contributed by atoms with E-state index in [0.717, 1.165) is 0 Å². The number of hydrogen-bond donors (Lipinski definition) is 1. The summed E-state index contributed by atoms with van der Waals surface area (Å²) in [7, 11) is 0. The van der Waals surface area contributed by atoms with Crippen molar-refractivity contribution >= 4 is 5.91 Å². The molecule has 1 heterocycles. The molecule has 0 unspecified atom stereocenters. The van der Waals surface area contributed by atoms with Crippen LogP contribution in [0.2, 0.25) is 0 Å². The number of carbonyl (C=O) groups is 1. The molecule has 1 aromatic rings. The first-order chi connectivity index (χ1) is 5.13. The molecule has 1 amide bonds. The summed E-state index contributed by atoms with van der Waals surface area (Å²) in [4.78, 5) is 10.7. The molecule has 0 fully saturated rings. The van der Waals surface area contributed by atoms with Crippen LogP contribution in [-0.2, 0) is 0 Å². The minimum absolute atomic E-state index is 0.163. The smallest absolute Gasteiger partial charge is 0.253 e. The lowest BCUT2D eigenvalue weighted by Gasteiger charge is -1.98. The summed E-state index contributed by atoms with van der Waals surface area (Å²) in [5, 5.41) is 3.66. The van der Waals surface area contributed by atoms with E-state index in [1.165, 1.54) is 6.26 Å². The Kier molecular flexibility index (Phi) is 1.94. The van der Waals surface area contributed by atoms with Gasteiger partial charge in [0.05, 0.1) is 5.69 Å². The lowest BCUT2D eigenvalue weighted by molar-refractivity contribution is 0.0998. The van der Waals surface area contributed by atoms with Crippen LogP contribution < -0.4 is 5.73 Å². The van der Waals surface area contributed by atoms with E-state index in [9.17, 15) is 4.79 Å². The molecule has 0 saturated carbocycles. The summed E-state index contributed by atoms with van der Waals surface area (Å²) in [5.74, 6) is -0.328. The predicted octanol–water partition coefficient (Wildman–Crippen LogP) is 0.897. The van der Waals surface area contributed by atoms with Gasteiger partial charge in [0.25, 0.3) is 5.91 Å². The van der Waals surface area contributed by atoms with E-state index < -0.39 is 5.91 Å². The van der Waals surface area contributed by atoms with Crippen LogP contribution in [0.3, 0.4) is 0 Å². The summed E-state index contributed by atoms with van der Waals surface area (Å²) in [6, 6.07) is 0. The van der Waals surface area contributed by atoms with Crippen LogP contribution in [0, 0.1) is 0 Å². The molecule has 0 bridgehead atoms. The maximum Gasteiger partial charge on any atom is 0.253 e. The van der Waals surface area contributed by atoms with Crippen molar-refractivity contribution in [1.82, 2.24) is 5.16 Å². The van der Waals surface area contributed by atoms with Gasteiger partial charge in [-0.3, -0.25) is 4.79 Å². The van der Waals surface area contributed by atoms with E-state index in [0.29, 0.717) is 11.3 Å². The number of nitrogens with two attached hydrogens (primary N) is 1. The van der Waals surface area contributed by atoms with Crippen molar-refractivity contribution in [3.8, 4) is 0 Å². The summed E-state index contributed by atoms with van der Waals surface area (Å²) < 4.78 is 4.62. The highest BCUT2D eigenvalue weighted by molar-refractivity contribution is 5.93. The van der Waals surface area contributed by atoms with E-state index in [2.05, 4.69) is 9.68 Å². The number of amides is 1. The van der Waals surface area contributed by atoms with Crippen LogP contribution in [0.5, 0.6) is 0 Å². The third kappa shape index (κ3) is 1.39. The van der Waals surface area contributed by atoms with Crippen molar-refractivity contribution in [2.24, 2.45) is 5.73 Å². The molecular formula is C7H10N2O2. The largest absolute Gasteiger partial charge is 0.365 e. The molecule has 0 aliphatic rings. The second kappa shape index (κ2) is 2.74. The fourth-order valence-corrected chi connectivity index (χ4v) is 0.846. The minimum Gasteiger partial charge on any atom is -0.365 e. The first kappa shape index (κ1) is 7.78. The maximum atomic E-state index is 10.7. The zero-order valence-corrected chi connectivity index (χ0v) is 6.50. The standard InChI is InChI=1S/C7H10N2O2/c1-4(2)6-5(7(8)10)3-11-9-6/h3-4H,1-2H3,(H2,8,10). The molecular weight excluding hydrogens is 144 g/mol. The highest BCUT2D eigenvalue weighted by Crippen LogP contribution is 2.16. The molecule has 0 aliphatic carbocycles. The Hall–Kier alpha value is -1.32. The molecule has 1 aromatic heterocycles. The van der Waals surface area contributed by atoms with Gasteiger partial charge in [-0.2, -0.15) is 0 Å². The fraction of sp³-hybridized carbons (Fsp3) is 0.429. The molecule has 0 saturated heterocycles. The summed E-state index contributed by atoms with van der Waals surface area (Å²) in [6.07, 6.45) is 1.28. The first-order valence-electron chi connectivity index (χ1n) is 3.37. The van der Waals surface area contributed by atoms with Gasteiger partial charge >= 0.3 is 0 Å². The third-order valence-corrected chi connectivity index (χ3v) is 1.41. The Morgan fingerprint density at radius 1 is 1.73 bits per heavy atom. The molecule has 0 radical (unpaired) electrons.